The van der Waals surface area contributed by atoms with Crippen molar-refractivity contribution in [3.63, 3.8) is 0 Å². The monoisotopic (exact) mass is 155 g/mol. The van der Waals surface area contributed by atoms with Crippen LogP contribution in [0.2, 0.25) is 0 Å². The van der Waals surface area contributed by atoms with Gasteiger partial charge in [0.2, 0.25) is 0 Å². The van der Waals surface area contributed by atoms with Gasteiger partial charge in [0, 0.05) is 13.2 Å². The molecule has 1 saturated heterocycles. The summed E-state index contributed by atoms with van der Waals surface area (Å²) in [7, 11) is 0. The highest BCUT2D eigenvalue weighted by molar-refractivity contribution is 4.74. The van der Waals surface area contributed by atoms with Crippen molar-refractivity contribution >= 4 is 0 Å². The van der Waals surface area contributed by atoms with Crippen molar-refractivity contribution in [2.75, 3.05) is 26.3 Å². The van der Waals surface area contributed by atoms with Gasteiger partial charge in [-0.05, 0) is 37.6 Å². The van der Waals surface area contributed by atoms with Crippen molar-refractivity contribution in [1.29, 1.82) is 0 Å². The Morgan fingerprint density at radius 2 is 1.91 bits per heavy atom. The van der Waals surface area contributed by atoms with E-state index < -0.39 is 0 Å². The van der Waals surface area contributed by atoms with Gasteiger partial charge in [0.25, 0.3) is 0 Å². The Bertz CT molecular complexity index is 117. The average molecular weight is 155 g/mol. The molecule has 1 aliphatic heterocycles. The molecule has 0 bridgehead atoms. The highest BCUT2D eigenvalue weighted by Gasteiger charge is 2.22. The summed E-state index contributed by atoms with van der Waals surface area (Å²) in [6.07, 6.45) is 4.12. The number of hydrogen-bond donors (Lipinski definition) is 1. The summed E-state index contributed by atoms with van der Waals surface area (Å²) in [4.78, 5) is 0. The Morgan fingerprint density at radius 3 is 2.55 bits per heavy atom. The lowest BCUT2D eigenvalue weighted by Crippen LogP contribution is -2.14. The van der Waals surface area contributed by atoms with Crippen LogP contribution in [0.25, 0.3) is 0 Å². The van der Waals surface area contributed by atoms with E-state index in [2.05, 4.69) is 5.32 Å². The third-order valence-electron chi connectivity index (χ3n) is 2.57. The molecule has 0 radical (unpaired) electrons. The largest absolute Gasteiger partial charge is 0.381 e. The highest BCUT2D eigenvalue weighted by atomic mass is 16.5. The van der Waals surface area contributed by atoms with Crippen LogP contribution < -0.4 is 5.32 Å². The second-order valence-electron chi connectivity index (χ2n) is 3.84. The Hall–Kier alpha value is -0.0800. The maximum Gasteiger partial charge on any atom is 0.0507 e. The second-order valence-corrected chi connectivity index (χ2v) is 3.84. The third-order valence-corrected chi connectivity index (χ3v) is 2.57. The van der Waals surface area contributed by atoms with Crippen molar-refractivity contribution < 1.29 is 4.74 Å². The minimum Gasteiger partial charge on any atom is -0.381 e. The van der Waals surface area contributed by atoms with Crippen molar-refractivity contribution in [2.24, 2.45) is 11.8 Å². The number of ether oxygens (including phenoxy) is 1. The molecule has 0 amide bonds. The molecule has 1 atom stereocenters. The van der Waals surface area contributed by atoms with Gasteiger partial charge in [0.05, 0.1) is 6.61 Å². The van der Waals surface area contributed by atoms with Crippen LogP contribution in [0.5, 0.6) is 0 Å². The van der Waals surface area contributed by atoms with E-state index in [0.717, 1.165) is 25.0 Å². The summed E-state index contributed by atoms with van der Waals surface area (Å²) in [5.41, 5.74) is 0. The standard InChI is InChI=1S/C9H17NO/c1-2-8(1)6-11-7-9-3-4-10-5-9/h8-10H,1-7H2/t9-/m0/s1. The maximum atomic E-state index is 5.60. The minimum absolute atomic E-state index is 0.800. The summed E-state index contributed by atoms with van der Waals surface area (Å²) in [5, 5.41) is 3.35. The van der Waals surface area contributed by atoms with Gasteiger partial charge in [-0.1, -0.05) is 0 Å². The first-order valence-corrected chi connectivity index (χ1v) is 4.73. The van der Waals surface area contributed by atoms with Gasteiger partial charge >= 0.3 is 0 Å². The van der Waals surface area contributed by atoms with Gasteiger partial charge in [-0.3, -0.25) is 0 Å². The SMILES string of the molecule is C1C[C@H](COCC2CC2)CN1. The highest BCUT2D eigenvalue weighted by Crippen LogP contribution is 2.29. The quantitative estimate of drug-likeness (QED) is 0.654. The fraction of sp³-hybridized carbons (Fsp3) is 1.00. The first kappa shape index (κ1) is 7.56. The van der Waals surface area contributed by atoms with E-state index >= 15 is 0 Å². The normalized spacial score (nSPS) is 31.1. The lowest BCUT2D eigenvalue weighted by atomic mass is 10.1. The van der Waals surface area contributed by atoms with E-state index in [4.69, 9.17) is 4.74 Å². The zero-order valence-corrected chi connectivity index (χ0v) is 7.01. The molecule has 1 aliphatic carbocycles. The molecule has 0 aromatic rings. The molecule has 11 heavy (non-hydrogen) atoms. The summed E-state index contributed by atoms with van der Waals surface area (Å²) in [6.45, 7) is 4.38. The number of rotatable bonds is 4. The van der Waals surface area contributed by atoms with Crippen LogP contribution in [0, 0.1) is 11.8 Å². The number of nitrogens with one attached hydrogen (secondary N) is 1. The molecule has 64 valence electrons. The molecule has 1 heterocycles. The molecule has 0 unspecified atom stereocenters. The zero-order chi connectivity index (χ0) is 7.52. The second kappa shape index (κ2) is 3.55. The van der Waals surface area contributed by atoms with Crippen LogP contribution in [0.4, 0.5) is 0 Å². The van der Waals surface area contributed by atoms with E-state index in [-0.39, 0.29) is 0 Å². The van der Waals surface area contributed by atoms with Gasteiger partial charge < -0.3 is 10.1 Å². The van der Waals surface area contributed by atoms with Crippen molar-refractivity contribution in [3.8, 4) is 0 Å². The summed E-state index contributed by atoms with van der Waals surface area (Å²) in [5.74, 6) is 1.72. The summed E-state index contributed by atoms with van der Waals surface area (Å²) in [6, 6.07) is 0. The van der Waals surface area contributed by atoms with Gasteiger partial charge in [0.1, 0.15) is 0 Å². The van der Waals surface area contributed by atoms with Crippen LogP contribution in [-0.2, 0) is 4.74 Å². The molecule has 2 nitrogen and oxygen atoms in total. The minimum atomic E-state index is 0.800. The molecule has 0 spiro atoms. The molecule has 1 N–H and O–H groups in total. The van der Waals surface area contributed by atoms with Crippen LogP contribution in [0.3, 0.4) is 0 Å². The van der Waals surface area contributed by atoms with Crippen LogP contribution in [0.15, 0.2) is 0 Å². The zero-order valence-electron chi connectivity index (χ0n) is 7.01. The summed E-state index contributed by atoms with van der Waals surface area (Å²) >= 11 is 0. The molecule has 2 rings (SSSR count). The lowest BCUT2D eigenvalue weighted by molar-refractivity contribution is 0.0966. The molecule has 2 aliphatic rings. The fourth-order valence-electron chi connectivity index (χ4n) is 1.54. The Balaban J connectivity index is 1.51. The first-order chi connectivity index (χ1) is 5.45. The average Bonchev–Trinajstić information content (AvgIpc) is 2.66. The number of hydrogen-bond acceptors (Lipinski definition) is 2. The Kier molecular flexibility index (Phi) is 2.44. The van der Waals surface area contributed by atoms with E-state index in [0.29, 0.717) is 0 Å². The predicted octanol–water partition coefficient (Wildman–Crippen LogP) is 1.02. The molecule has 0 aromatic heterocycles. The van der Waals surface area contributed by atoms with Crippen LogP contribution in [-0.4, -0.2) is 26.3 Å². The van der Waals surface area contributed by atoms with Gasteiger partial charge in [0.15, 0.2) is 0 Å². The Labute approximate surface area is 68.3 Å². The summed E-state index contributed by atoms with van der Waals surface area (Å²) < 4.78 is 5.60. The molecule has 1 saturated carbocycles. The lowest BCUT2D eigenvalue weighted by Gasteiger charge is -2.07. The molecule has 0 aromatic carbocycles. The van der Waals surface area contributed by atoms with Gasteiger partial charge in [-0.25, -0.2) is 0 Å². The van der Waals surface area contributed by atoms with E-state index in [1.807, 2.05) is 0 Å². The first-order valence-electron chi connectivity index (χ1n) is 4.73. The van der Waals surface area contributed by atoms with Crippen molar-refractivity contribution in [1.82, 2.24) is 5.32 Å². The van der Waals surface area contributed by atoms with Crippen LogP contribution >= 0.6 is 0 Å². The predicted molar refractivity (Wildman–Crippen MR) is 44.5 cm³/mol. The van der Waals surface area contributed by atoms with Crippen molar-refractivity contribution in [2.45, 2.75) is 19.3 Å². The van der Waals surface area contributed by atoms with E-state index in [1.54, 1.807) is 0 Å². The molecular formula is C9H17NO. The fourth-order valence-corrected chi connectivity index (χ4v) is 1.54. The van der Waals surface area contributed by atoms with Gasteiger partial charge in [-0.15, -0.1) is 0 Å². The van der Waals surface area contributed by atoms with E-state index in [9.17, 15) is 0 Å². The third kappa shape index (κ3) is 2.46. The smallest absolute Gasteiger partial charge is 0.0507 e. The van der Waals surface area contributed by atoms with E-state index in [1.165, 1.54) is 32.4 Å². The molecule has 2 heteroatoms. The van der Waals surface area contributed by atoms with Crippen LogP contribution in [0.1, 0.15) is 19.3 Å². The molecule has 2 fully saturated rings. The van der Waals surface area contributed by atoms with Gasteiger partial charge in [-0.2, -0.15) is 0 Å². The Morgan fingerprint density at radius 1 is 1.09 bits per heavy atom. The molecular weight excluding hydrogens is 138 g/mol. The van der Waals surface area contributed by atoms with Crippen molar-refractivity contribution in [3.05, 3.63) is 0 Å². The topological polar surface area (TPSA) is 21.3 Å². The maximum absolute atomic E-state index is 5.60.